The average molecular weight is 340 g/mol. The molecule has 1 saturated heterocycles. The van der Waals surface area contributed by atoms with E-state index in [2.05, 4.69) is 39.5 Å². The van der Waals surface area contributed by atoms with Gasteiger partial charge in [0.1, 0.15) is 5.69 Å². The minimum Gasteiger partial charge on any atom is -0.335 e. The minimum absolute atomic E-state index is 0.0460. The lowest BCUT2D eigenvalue weighted by atomic mass is 10.2. The number of hydrogen-bond donors (Lipinski definition) is 0. The molecule has 0 bridgehead atoms. The number of carbonyl (C=O) groups is 1. The molecule has 1 aliphatic rings. The number of amides is 1. The zero-order valence-corrected chi connectivity index (χ0v) is 14.5. The van der Waals surface area contributed by atoms with E-state index in [4.69, 9.17) is 0 Å². The Bertz CT molecular complexity index is 846. The summed E-state index contributed by atoms with van der Waals surface area (Å²) in [5.74, 6) is 0.0460. The third kappa shape index (κ3) is 2.95. The van der Waals surface area contributed by atoms with Crippen molar-refractivity contribution < 1.29 is 4.79 Å². The fourth-order valence-electron chi connectivity index (χ4n) is 3.11. The van der Waals surface area contributed by atoms with Crippen molar-refractivity contribution in [2.75, 3.05) is 26.2 Å². The standard InChI is InChI=1S/C18H20N4OS/c1-14-13-24-18-19-16(12-22(14)18)17(23)21-9-7-20(8-10-21)11-15-5-3-2-4-6-15/h2-6,12-13H,7-11H2,1H3. The second-order valence-corrected chi connectivity index (χ2v) is 7.05. The van der Waals surface area contributed by atoms with E-state index in [0.717, 1.165) is 43.4 Å². The number of piperazine rings is 1. The number of nitrogens with zero attached hydrogens (tertiary/aromatic N) is 4. The molecule has 0 unspecified atom stereocenters. The molecule has 1 aliphatic heterocycles. The largest absolute Gasteiger partial charge is 0.335 e. The van der Waals surface area contributed by atoms with Gasteiger partial charge in [0.15, 0.2) is 4.96 Å². The highest BCUT2D eigenvalue weighted by Gasteiger charge is 2.24. The van der Waals surface area contributed by atoms with Crippen molar-refractivity contribution in [2.45, 2.75) is 13.5 Å². The molecule has 0 aliphatic carbocycles. The second-order valence-electron chi connectivity index (χ2n) is 6.21. The topological polar surface area (TPSA) is 40.9 Å². The number of hydrogen-bond acceptors (Lipinski definition) is 4. The van der Waals surface area contributed by atoms with Crippen LogP contribution in [0.1, 0.15) is 21.7 Å². The summed E-state index contributed by atoms with van der Waals surface area (Å²) in [6.45, 7) is 6.31. The van der Waals surface area contributed by atoms with Crippen LogP contribution in [0.3, 0.4) is 0 Å². The Morgan fingerprint density at radius 3 is 2.62 bits per heavy atom. The molecule has 1 amide bonds. The van der Waals surface area contributed by atoms with Gasteiger partial charge in [-0.1, -0.05) is 30.3 Å². The van der Waals surface area contributed by atoms with Crippen molar-refractivity contribution in [1.82, 2.24) is 19.2 Å². The minimum atomic E-state index is 0.0460. The lowest BCUT2D eigenvalue weighted by Crippen LogP contribution is -2.48. The summed E-state index contributed by atoms with van der Waals surface area (Å²) >= 11 is 1.57. The van der Waals surface area contributed by atoms with Gasteiger partial charge in [-0.15, -0.1) is 11.3 Å². The van der Waals surface area contributed by atoms with E-state index in [1.807, 2.05) is 28.5 Å². The van der Waals surface area contributed by atoms with Crippen molar-refractivity contribution in [3.05, 3.63) is 58.9 Å². The van der Waals surface area contributed by atoms with Crippen molar-refractivity contribution in [3.8, 4) is 0 Å². The molecule has 3 heterocycles. The second kappa shape index (κ2) is 6.37. The van der Waals surface area contributed by atoms with Crippen molar-refractivity contribution in [3.63, 3.8) is 0 Å². The number of thiazole rings is 1. The van der Waals surface area contributed by atoms with E-state index in [9.17, 15) is 4.79 Å². The molecular weight excluding hydrogens is 320 g/mol. The summed E-state index contributed by atoms with van der Waals surface area (Å²) in [5, 5.41) is 2.05. The van der Waals surface area contributed by atoms with Crippen LogP contribution in [0.15, 0.2) is 41.9 Å². The van der Waals surface area contributed by atoms with Gasteiger partial charge in [0, 0.05) is 50.0 Å². The van der Waals surface area contributed by atoms with Gasteiger partial charge in [-0.05, 0) is 12.5 Å². The Kier molecular flexibility index (Phi) is 4.08. The molecule has 124 valence electrons. The third-order valence-corrected chi connectivity index (χ3v) is 5.47. The van der Waals surface area contributed by atoms with E-state index in [0.29, 0.717) is 5.69 Å². The van der Waals surface area contributed by atoms with E-state index < -0.39 is 0 Å². The molecule has 1 aromatic carbocycles. The number of imidazole rings is 1. The van der Waals surface area contributed by atoms with Crippen LogP contribution in [-0.4, -0.2) is 51.3 Å². The summed E-state index contributed by atoms with van der Waals surface area (Å²) in [7, 11) is 0. The van der Waals surface area contributed by atoms with Gasteiger partial charge in [0.2, 0.25) is 0 Å². The van der Waals surface area contributed by atoms with Gasteiger partial charge in [-0.25, -0.2) is 4.98 Å². The van der Waals surface area contributed by atoms with Gasteiger partial charge in [-0.2, -0.15) is 0 Å². The first-order chi connectivity index (χ1) is 11.7. The summed E-state index contributed by atoms with van der Waals surface area (Å²) in [5.41, 5.74) is 3.00. The van der Waals surface area contributed by atoms with Gasteiger partial charge >= 0.3 is 0 Å². The van der Waals surface area contributed by atoms with Crippen LogP contribution in [0, 0.1) is 6.92 Å². The summed E-state index contributed by atoms with van der Waals surface area (Å²) in [6.07, 6.45) is 1.86. The Morgan fingerprint density at radius 1 is 1.17 bits per heavy atom. The molecule has 1 fully saturated rings. The highest BCUT2D eigenvalue weighted by molar-refractivity contribution is 7.15. The van der Waals surface area contributed by atoms with Crippen LogP contribution < -0.4 is 0 Å². The lowest BCUT2D eigenvalue weighted by Gasteiger charge is -2.34. The van der Waals surface area contributed by atoms with Crippen molar-refractivity contribution in [2.24, 2.45) is 0 Å². The predicted molar refractivity (Wildman–Crippen MR) is 95.4 cm³/mol. The number of rotatable bonds is 3. The molecule has 0 atom stereocenters. The Balaban J connectivity index is 1.39. The van der Waals surface area contributed by atoms with Crippen molar-refractivity contribution in [1.29, 1.82) is 0 Å². The zero-order valence-electron chi connectivity index (χ0n) is 13.7. The molecule has 0 spiro atoms. The van der Waals surface area contributed by atoms with Gasteiger partial charge < -0.3 is 4.90 Å². The number of aryl methyl sites for hydroxylation is 1. The molecule has 2 aromatic heterocycles. The SMILES string of the molecule is Cc1csc2nc(C(=O)N3CCN(Cc4ccccc4)CC3)cn12. The molecule has 5 nitrogen and oxygen atoms in total. The summed E-state index contributed by atoms with van der Waals surface area (Å²) < 4.78 is 1.99. The highest BCUT2D eigenvalue weighted by atomic mass is 32.1. The number of aromatic nitrogens is 2. The van der Waals surface area contributed by atoms with E-state index in [1.54, 1.807) is 11.3 Å². The fourth-order valence-corrected chi connectivity index (χ4v) is 3.96. The maximum absolute atomic E-state index is 12.7. The van der Waals surface area contributed by atoms with Crippen LogP contribution >= 0.6 is 11.3 Å². The van der Waals surface area contributed by atoms with Crippen LogP contribution in [-0.2, 0) is 6.54 Å². The first-order valence-electron chi connectivity index (χ1n) is 8.19. The lowest BCUT2D eigenvalue weighted by molar-refractivity contribution is 0.0623. The number of benzene rings is 1. The Morgan fingerprint density at radius 2 is 1.92 bits per heavy atom. The van der Waals surface area contributed by atoms with E-state index in [-0.39, 0.29) is 5.91 Å². The van der Waals surface area contributed by atoms with E-state index in [1.165, 1.54) is 5.56 Å². The number of fused-ring (bicyclic) bond motifs is 1. The molecule has 0 N–H and O–H groups in total. The number of carbonyl (C=O) groups excluding carboxylic acids is 1. The smallest absolute Gasteiger partial charge is 0.274 e. The Labute approximate surface area is 145 Å². The van der Waals surface area contributed by atoms with Crippen LogP contribution in [0.2, 0.25) is 0 Å². The molecule has 4 rings (SSSR count). The fraction of sp³-hybridized carbons (Fsp3) is 0.333. The van der Waals surface area contributed by atoms with Crippen LogP contribution in [0.25, 0.3) is 4.96 Å². The quantitative estimate of drug-likeness (QED) is 0.736. The normalized spacial score (nSPS) is 16.0. The third-order valence-electron chi connectivity index (χ3n) is 4.52. The van der Waals surface area contributed by atoms with Crippen LogP contribution in [0.4, 0.5) is 0 Å². The first-order valence-corrected chi connectivity index (χ1v) is 9.07. The molecule has 24 heavy (non-hydrogen) atoms. The monoisotopic (exact) mass is 340 g/mol. The molecule has 3 aromatic rings. The molecule has 0 saturated carbocycles. The molecular formula is C18H20N4OS. The van der Waals surface area contributed by atoms with Gasteiger partial charge in [0.25, 0.3) is 5.91 Å². The molecule has 0 radical (unpaired) electrons. The highest BCUT2D eigenvalue weighted by Crippen LogP contribution is 2.17. The summed E-state index contributed by atoms with van der Waals surface area (Å²) in [4.78, 5) is 22.4. The van der Waals surface area contributed by atoms with Gasteiger partial charge in [0.05, 0.1) is 0 Å². The maximum Gasteiger partial charge on any atom is 0.274 e. The Hall–Kier alpha value is -2.18. The first kappa shape index (κ1) is 15.4. The summed E-state index contributed by atoms with van der Waals surface area (Å²) in [6, 6.07) is 10.5. The van der Waals surface area contributed by atoms with Gasteiger partial charge in [-0.3, -0.25) is 14.1 Å². The van der Waals surface area contributed by atoms with Crippen LogP contribution in [0.5, 0.6) is 0 Å². The van der Waals surface area contributed by atoms with E-state index >= 15 is 0 Å². The average Bonchev–Trinajstić information content (AvgIpc) is 3.18. The zero-order chi connectivity index (χ0) is 16.5. The van der Waals surface area contributed by atoms with Crippen molar-refractivity contribution >= 4 is 22.2 Å². The maximum atomic E-state index is 12.7. The molecule has 6 heteroatoms. The predicted octanol–water partition coefficient (Wildman–Crippen LogP) is 2.66.